The average molecular weight is 504 g/mol. The first-order chi connectivity index (χ1) is 18.0. The van der Waals surface area contributed by atoms with E-state index in [0.717, 1.165) is 42.8 Å². The third kappa shape index (κ3) is 4.92. The molecule has 2 aliphatic rings. The molecular formula is C28H29N3O6. The fourth-order valence-corrected chi connectivity index (χ4v) is 4.91. The predicted octanol–water partition coefficient (Wildman–Crippen LogP) is 4.86. The summed E-state index contributed by atoms with van der Waals surface area (Å²) in [6.45, 7) is 8.50. The fraction of sp³-hybridized carbons (Fsp3) is 0.357. The maximum Gasteiger partial charge on any atom is 0.283 e. The molecule has 0 bridgehead atoms. The van der Waals surface area contributed by atoms with Gasteiger partial charge >= 0.3 is 0 Å². The van der Waals surface area contributed by atoms with Gasteiger partial charge in [-0.1, -0.05) is 18.7 Å². The number of β-amino-alcohol motifs (C(OH)–C–C–N with tert-alkyl or cyclic N) is 1. The van der Waals surface area contributed by atoms with E-state index < -0.39 is 6.10 Å². The van der Waals surface area contributed by atoms with Crippen molar-refractivity contribution in [3.05, 3.63) is 60.5 Å². The van der Waals surface area contributed by atoms with E-state index in [2.05, 4.69) is 33.8 Å². The molecule has 6 rings (SSSR count). The lowest BCUT2D eigenvalue weighted by molar-refractivity contribution is 0.0599. The number of aromatic nitrogens is 2. The molecule has 4 aromatic rings. The first-order valence-electron chi connectivity index (χ1n) is 12.5. The third-order valence-electron chi connectivity index (χ3n) is 6.88. The average Bonchev–Trinajstić information content (AvgIpc) is 3.66. The fourth-order valence-electron chi connectivity index (χ4n) is 4.91. The van der Waals surface area contributed by atoms with Crippen LogP contribution in [0.15, 0.2) is 57.9 Å². The van der Waals surface area contributed by atoms with Crippen LogP contribution >= 0.6 is 0 Å². The number of aliphatic hydroxyl groups excluding tert-OH is 1. The van der Waals surface area contributed by atoms with E-state index in [4.69, 9.17) is 23.0 Å². The number of furan rings is 1. The first-order valence-corrected chi connectivity index (χ1v) is 12.5. The van der Waals surface area contributed by atoms with Gasteiger partial charge in [-0.3, -0.25) is 0 Å². The molecule has 1 atom stereocenters. The molecule has 0 unspecified atom stereocenters. The summed E-state index contributed by atoms with van der Waals surface area (Å²) in [7, 11) is 0. The second-order valence-electron chi connectivity index (χ2n) is 9.62. The second-order valence-corrected chi connectivity index (χ2v) is 9.62. The molecular weight excluding hydrogens is 474 g/mol. The van der Waals surface area contributed by atoms with Crippen LogP contribution in [-0.4, -0.2) is 59.3 Å². The lowest BCUT2D eigenvalue weighted by Crippen LogP contribution is -2.40. The maximum absolute atomic E-state index is 10.7. The maximum atomic E-state index is 10.7. The molecule has 2 aromatic carbocycles. The van der Waals surface area contributed by atoms with Crippen LogP contribution in [0, 0.1) is 0 Å². The normalized spacial score (nSPS) is 16.8. The van der Waals surface area contributed by atoms with Gasteiger partial charge in [0.1, 0.15) is 24.0 Å². The molecule has 0 saturated carbocycles. The van der Waals surface area contributed by atoms with Crippen LogP contribution in [0.25, 0.3) is 28.2 Å². The van der Waals surface area contributed by atoms with Crippen LogP contribution in [0.1, 0.15) is 37.1 Å². The Balaban J connectivity index is 1.04. The zero-order chi connectivity index (χ0) is 25.4. The Kier molecular flexibility index (Phi) is 6.31. The summed E-state index contributed by atoms with van der Waals surface area (Å²) in [4.78, 5) is 2.29. The van der Waals surface area contributed by atoms with Gasteiger partial charge in [-0.05, 0) is 68.6 Å². The van der Waals surface area contributed by atoms with E-state index in [0.29, 0.717) is 47.8 Å². The summed E-state index contributed by atoms with van der Waals surface area (Å²) in [5, 5.41) is 19.5. The molecule has 0 radical (unpaired) electrons. The summed E-state index contributed by atoms with van der Waals surface area (Å²) < 4.78 is 28.5. The van der Waals surface area contributed by atoms with Crippen molar-refractivity contribution in [2.24, 2.45) is 0 Å². The van der Waals surface area contributed by atoms with Crippen LogP contribution < -0.4 is 14.2 Å². The summed E-state index contributed by atoms with van der Waals surface area (Å²) in [5.41, 5.74) is 2.62. The lowest BCUT2D eigenvalue weighted by Gasteiger charge is -2.33. The van der Waals surface area contributed by atoms with Crippen molar-refractivity contribution in [3.8, 4) is 28.9 Å². The number of allylic oxidation sites excluding steroid dienone is 1. The van der Waals surface area contributed by atoms with Gasteiger partial charge in [-0.15, -0.1) is 10.2 Å². The number of fused-ring (bicyclic) bond motifs is 2. The highest BCUT2D eigenvalue weighted by atomic mass is 16.7. The van der Waals surface area contributed by atoms with E-state index in [1.54, 1.807) is 6.92 Å². The first kappa shape index (κ1) is 23.6. The van der Waals surface area contributed by atoms with Crippen molar-refractivity contribution in [2.75, 3.05) is 33.0 Å². The molecule has 0 aliphatic carbocycles. The molecule has 2 aromatic heterocycles. The van der Waals surface area contributed by atoms with Crippen molar-refractivity contribution in [1.29, 1.82) is 0 Å². The van der Waals surface area contributed by atoms with Crippen molar-refractivity contribution < 1.29 is 28.2 Å². The highest BCUT2D eigenvalue weighted by Crippen LogP contribution is 2.37. The Labute approximate surface area is 214 Å². The van der Waals surface area contributed by atoms with E-state index in [9.17, 15) is 5.11 Å². The Morgan fingerprint density at radius 1 is 1.11 bits per heavy atom. The van der Waals surface area contributed by atoms with Gasteiger partial charge in [0.25, 0.3) is 5.89 Å². The van der Waals surface area contributed by atoms with Gasteiger partial charge in [0.05, 0.1) is 5.39 Å². The zero-order valence-corrected chi connectivity index (χ0v) is 20.7. The molecule has 37 heavy (non-hydrogen) atoms. The molecule has 1 saturated heterocycles. The van der Waals surface area contributed by atoms with Crippen LogP contribution in [0.3, 0.4) is 0 Å². The molecule has 1 fully saturated rings. The van der Waals surface area contributed by atoms with Crippen molar-refractivity contribution >= 4 is 16.5 Å². The lowest BCUT2D eigenvalue weighted by atomic mass is 9.89. The molecule has 1 N–H and O–H groups in total. The predicted molar refractivity (Wildman–Crippen MR) is 137 cm³/mol. The highest BCUT2D eigenvalue weighted by molar-refractivity contribution is 5.87. The van der Waals surface area contributed by atoms with Gasteiger partial charge in [-0.25, -0.2) is 0 Å². The Bertz CT molecular complexity index is 1420. The molecule has 9 heteroatoms. The van der Waals surface area contributed by atoms with Crippen LogP contribution in [-0.2, 0) is 0 Å². The Hall–Kier alpha value is -3.82. The largest absolute Gasteiger partial charge is 0.490 e. The van der Waals surface area contributed by atoms with Crippen molar-refractivity contribution in [1.82, 2.24) is 15.1 Å². The number of likely N-dealkylation sites (tertiary alicyclic amines) is 1. The monoisotopic (exact) mass is 503 g/mol. The van der Waals surface area contributed by atoms with Crippen molar-refractivity contribution in [2.45, 2.75) is 31.8 Å². The minimum absolute atomic E-state index is 0.183. The zero-order valence-electron chi connectivity index (χ0n) is 20.7. The topological polar surface area (TPSA) is 103 Å². The summed E-state index contributed by atoms with van der Waals surface area (Å²) in [6, 6.07) is 13.6. The molecule has 192 valence electrons. The van der Waals surface area contributed by atoms with E-state index in [-0.39, 0.29) is 12.5 Å². The SMILES string of the molecule is C=C(C)c1nnc(-c2cc3c(OC[C@@H](O)CN4CCC(c5ccc6c(c5)OCO6)CC4)cccc3o2)o1. The van der Waals surface area contributed by atoms with Gasteiger partial charge in [-0.2, -0.15) is 0 Å². The molecule has 2 aliphatic heterocycles. The molecule has 0 amide bonds. The molecule has 9 nitrogen and oxygen atoms in total. The number of piperidine rings is 1. The Morgan fingerprint density at radius 2 is 1.95 bits per heavy atom. The number of ether oxygens (including phenoxy) is 3. The minimum atomic E-state index is -0.613. The van der Waals surface area contributed by atoms with E-state index in [1.807, 2.05) is 30.3 Å². The molecule has 0 spiro atoms. The number of hydrogen-bond acceptors (Lipinski definition) is 9. The van der Waals surface area contributed by atoms with Gasteiger partial charge in [0.15, 0.2) is 17.3 Å². The quantitative estimate of drug-likeness (QED) is 0.361. The summed E-state index contributed by atoms with van der Waals surface area (Å²) in [5.74, 6) is 3.88. The van der Waals surface area contributed by atoms with Crippen molar-refractivity contribution in [3.63, 3.8) is 0 Å². The smallest absolute Gasteiger partial charge is 0.283 e. The van der Waals surface area contributed by atoms with Crippen LogP contribution in [0.5, 0.6) is 17.2 Å². The van der Waals surface area contributed by atoms with Crippen LogP contribution in [0.2, 0.25) is 0 Å². The van der Waals surface area contributed by atoms with Gasteiger partial charge < -0.3 is 33.1 Å². The second kappa shape index (κ2) is 9.91. The molecule has 4 heterocycles. The number of benzene rings is 2. The number of aliphatic hydroxyl groups is 1. The number of hydrogen-bond donors (Lipinski definition) is 1. The standard InChI is InChI=1S/C28H29N3O6/c1-17(2)27-29-30-28(37-27)26-13-21-22(4-3-5-23(21)36-26)33-15-20(32)14-31-10-8-18(9-11-31)19-6-7-24-25(12-19)35-16-34-24/h3-7,12-13,18,20,32H,1,8-11,14-16H2,2H3/t20-/m0/s1. The minimum Gasteiger partial charge on any atom is -0.490 e. The van der Waals surface area contributed by atoms with E-state index in [1.165, 1.54) is 5.56 Å². The number of rotatable bonds is 8. The number of nitrogens with zero attached hydrogens (tertiary/aromatic N) is 3. The van der Waals surface area contributed by atoms with Gasteiger partial charge in [0, 0.05) is 18.2 Å². The summed E-state index contributed by atoms with van der Waals surface area (Å²) in [6.07, 6.45) is 1.46. The van der Waals surface area contributed by atoms with E-state index >= 15 is 0 Å². The Morgan fingerprint density at radius 3 is 2.76 bits per heavy atom. The van der Waals surface area contributed by atoms with Crippen LogP contribution in [0.4, 0.5) is 0 Å². The van der Waals surface area contributed by atoms with Gasteiger partial charge in [0.2, 0.25) is 12.7 Å². The highest BCUT2D eigenvalue weighted by Gasteiger charge is 2.24. The summed E-state index contributed by atoms with van der Waals surface area (Å²) >= 11 is 0. The third-order valence-corrected chi connectivity index (χ3v) is 6.88.